The van der Waals surface area contributed by atoms with Gasteiger partial charge in [-0.15, -0.1) is 11.3 Å². The average molecular weight is 247 g/mol. The molecule has 0 radical (unpaired) electrons. The molecule has 1 nitrogen and oxygen atoms in total. The third-order valence-electron chi connectivity index (χ3n) is 2.97. The van der Waals surface area contributed by atoms with Crippen LogP contribution in [0.5, 0.6) is 0 Å². The lowest BCUT2D eigenvalue weighted by Gasteiger charge is -1.99. The molecule has 1 aliphatic rings. The van der Waals surface area contributed by atoms with E-state index in [2.05, 4.69) is 16.8 Å². The number of halogens is 1. The molecular formula is C14H14FNS. The van der Waals surface area contributed by atoms with Crippen molar-refractivity contribution >= 4 is 11.3 Å². The molecule has 0 saturated heterocycles. The van der Waals surface area contributed by atoms with Gasteiger partial charge in [0.15, 0.2) is 0 Å². The van der Waals surface area contributed by atoms with Crippen molar-refractivity contribution in [3.05, 3.63) is 47.1 Å². The van der Waals surface area contributed by atoms with Gasteiger partial charge in [-0.05, 0) is 35.9 Å². The lowest BCUT2D eigenvalue weighted by molar-refractivity contribution is 0.631. The van der Waals surface area contributed by atoms with Crippen molar-refractivity contribution in [3.63, 3.8) is 0 Å². The largest absolute Gasteiger partial charge is 0.310 e. The minimum atomic E-state index is -0.143. The van der Waals surface area contributed by atoms with Crippen LogP contribution in [0.1, 0.15) is 18.4 Å². The van der Waals surface area contributed by atoms with Crippen molar-refractivity contribution in [1.29, 1.82) is 0 Å². The first-order chi connectivity index (χ1) is 8.33. The van der Waals surface area contributed by atoms with Crippen LogP contribution in [0.15, 0.2) is 35.7 Å². The SMILES string of the molecule is Fc1ccccc1-c1cc(CNC2CC2)cs1. The minimum Gasteiger partial charge on any atom is -0.310 e. The Balaban J connectivity index is 1.77. The molecule has 1 N–H and O–H groups in total. The first-order valence-corrected chi connectivity index (χ1v) is 6.76. The second kappa shape index (κ2) is 4.59. The molecule has 0 bridgehead atoms. The summed E-state index contributed by atoms with van der Waals surface area (Å²) in [5.41, 5.74) is 1.95. The van der Waals surface area contributed by atoms with Gasteiger partial charge in [0.2, 0.25) is 0 Å². The van der Waals surface area contributed by atoms with Crippen LogP contribution in [0.25, 0.3) is 10.4 Å². The Labute approximate surface area is 104 Å². The lowest BCUT2D eigenvalue weighted by Crippen LogP contribution is -2.14. The van der Waals surface area contributed by atoms with Gasteiger partial charge in [0.25, 0.3) is 0 Å². The van der Waals surface area contributed by atoms with E-state index in [1.807, 2.05) is 12.1 Å². The predicted molar refractivity (Wildman–Crippen MR) is 69.6 cm³/mol. The van der Waals surface area contributed by atoms with Crippen molar-refractivity contribution in [2.75, 3.05) is 0 Å². The number of thiophene rings is 1. The number of nitrogens with one attached hydrogen (secondary N) is 1. The zero-order valence-corrected chi connectivity index (χ0v) is 10.3. The van der Waals surface area contributed by atoms with Gasteiger partial charge < -0.3 is 5.32 Å². The predicted octanol–water partition coefficient (Wildman–Crippen LogP) is 3.81. The Morgan fingerprint density at radius 1 is 1.29 bits per heavy atom. The first kappa shape index (κ1) is 10.9. The number of rotatable bonds is 4. The smallest absolute Gasteiger partial charge is 0.131 e. The Bertz CT molecular complexity index is 516. The molecule has 3 heteroatoms. The molecule has 1 heterocycles. The maximum Gasteiger partial charge on any atom is 0.131 e. The monoisotopic (exact) mass is 247 g/mol. The van der Waals surface area contributed by atoms with Crippen LogP contribution >= 0.6 is 11.3 Å². The fourth-order valence-corrected chi connectivity index (χ4v) is 2.76. The van der Waals surface area contributed by atoms with E-state index >= 15 is 0 Å². The normalized spacial score (nSPS) is 15.1. The molecule has 1 aromatic heterocycles. The summed E-state index contributed by atoms with van der Waals surface area (Å²) in [6, 6.07) is 9.74. The van der Waals surface area contributed by atoms with E-state index in [1.54, 1.807) is 17.4 Å². The van der Waals surface area contributed by atoms with E-state index in [-0.39, 0.29) is 5.82 Å². The molecular weight excluding hydrogens is 233 g/mol. The molecule has 0 unspecified atom stereocenters. The van der Waals surface area contributed by atoms with Gasteiger partial charge in [-0.25, -0.2) is 4.39 Å². The van der Waals surface area contributed by atoms with E-state index < -0.39 is 0 Å². The average Bonchev–Trinajstić information content (AvgIpc) is 3.06. The molecule has 0 amide bonds. The van der Waals surface area contributed by atoms with Crippen LogP contribution < -0.4 is 5.32 Å². The number of hydrogen-bond donors (Lipinski definition) is 1. The highest BCUT2D eigenvalue weighted by Crippen LogP contribution is 2.29. The molecule has 0 spiro atoms. The summed E-state index contributed by atoms with van der Waals surface area (Å²) in [7, 11) is 0. The molecule has 1 fully saturated rings. The van der Waals surface area contributed by atoms with Crippen molar-refractivity contribution in [2.45, 2.75) is 25.4 Å². The fourth-order valence-electron chi connectivity index (χ4n) is 1.82. The van der Waals surface area contributed by atoms with E-state index in [0.29, 0.717) is 11.6 Å². The Hall–Kier alpha value is -1.19. The fraction of sp³-hybridized carbons (Fsp3) is 0.286. The molecule has 0 aliphatic heterocycles. The van der Waals surface area contributed by atoms with Crippen molar-refractivity contribution in [2.24, 2.45) is 0 Å². The highest BCUT2D eigenvalue weighted by Gasteiger charge is 2.20. The van der Waals surface area contributed by atoms with Crippen LogP contribution in [0.3, 0.4) is 0 Å². The highest BCUT2D eigenvalue weighted by atomic mass is 32.1. The van der Waals surface area contributed by atoms with Crippen molar-refractivity contribution < 1.29 is 4.39 Å². The van der Waals surface area contributed by atoms with Gasteiger partial charge >= 0.3 is 0 Å². The standard InChI is InChI=1S/C14H14FNS/c15-13-4-2-1-3-12(13)14-7-10(9-17-14)8-16-11-5-6-11/h1-4,7,9,11,16H,5-6,8H2. The van der Waals surface area contributed by atoms with Crippen LogP contribution in [0.2, 0.25) is 0 Å². The summed E-state index contributed by atoms with van der Waals surface area (Å²) < 4.78 is 13.6. The maximum absolute atomic E-state index is 13.6. The third kappa shape index (κ3) is 2.56. The second-order valence-corrected chi connectivity index (χ2v) is 5.37. The van der Waals surface area contributed by atoms with Crippen LogP contribution in [0, 0.1) is 5.82 Å². The Morgan fingerprint density at radius 2 is 2.12 bits per heavy atom. The van der Waals surface area contributed by atoms with Crippen LogP contribution in [0.4, 0.5) is 4.39 Å². The summed E-state index contributed by atoms with van der Waals surface area (Å²) in [5.74, 6) is -0.143. The Kier molecular flexibility index (Phi) is 2.95. The molecule has 2 aromatic rings. The molecule has 0 atom stereocenters. The summed E-state index contributed by atoms with van der Waals surface area (Å²) in [6.07, 6.45) is 2.59. The Morgan fingerprint density at radius 3 is 2.88 bits per heavy atom. The summed E-state index contributed by atoms with van der Waals surface area (Å²) >= 11 is 1.61. The van der Waals surface area contributed by atoms with Gasteiger partial charge in [-0.2, -0.15) is 0 Å². The van der Waals surface area contributed by atoms with Gasteiger partial charge in [-0.1, -0.05) is 18.2 Å². The molecule has 1 saturated carbocycles. The van der Waals surface area contributed by atoms with E-state index in [4.69, 9.17) is 0 Å². The number of hydrogen-bond acceptors (Lipinski definition) is 2. The van der Waals surface area contributed by atoms with E-state index in [1.165, 1.54) is 24.5 Å². The highest BCUT2D eigenvalue weighted by molar-refractivity contribution is 7.13. The van der Waals surface area contributed by atoms with Gasteiger partial charge in [0, 0.05) is 23.0 Å². The molecule has 88 valence electrons. The zero-order chi connectivity index (χ0) is 11.7. The minimum absolute atomic E-state index is 0.143. The molecule has 1 aromatic carbocycles. The quantitative estimate of drug-likeness (QED) is 0.866. The summed E-state index contributed by atoms with van der Waals surface area (Å²) in [6.45, 7) is 0.898. The summed E-state index contributed by atoms with van der Waals surface area (Å²) in [4.78, 5) is 1.01. The van der Waals surface area contributed by atoms with Gasteiger partial charge in [-0.3, -0.25) is 0 Å². The van der Waals surface area contributed by atoms with Crippen molar-refractivity contribution in [1.82, 2.24) is 5.32 Å². The lowest BCUT2D eigenvalue weighted by atomic mass is 10.1. The molecule has 3 rings (SSSR count). The first-order valence-electron chi connectivity index (χ1n) is 5.88. The van der Waals surface area contributed by atoms with E-state index in [9.17, 15) is 4.39 Å². The molecule has 17 heavy (non-hydrogen) atoms. The number of benzene rings is 1. The van der Waals surface area contributed by atoms with Gasteiger partial charge in [0.05, 0.1) is 0 Å². The summed E-state index contributed by atoms with van der Waals surface area (Å²) in [5, 5.41) is 5.57. The zero-order valence-electron chi connectivity index (χ0n) is 9.45. The van der Waals surface area contributed by atoms with Gasteiger partial charge in [0.1, 0.15) is 5.82 Å². The molecule has 1 aliphatic carbocycles. The third-order valence-corrected chi connectivity index (χ3v) is 3.98. The van der Waals surface area contributed by atoms with Crippen molar-refractivity contribution in [3.8, 4) is 10.4 Å². The van der Waals surface area contributed by atoms with Crippen LogP contribution in [-0.4, -0.2) is 6.04 Å². The second-order valence-electron chi connectivity index (χ2n) is 4.45. The topological polar surface area (TPSA) is 12.0 Å². The van der Waals surface area contributed by atoms with Crippen LogP contribution in [-0.2, 0) is 6.54 Å². The maximum atomic E-state index is 13.6. The van der Waals surface area contributed by atoms with E-state index in [0.717, 1.165) is 11.4 Å².